The summed E-state index contributed by atoms with van der Waals surface area (Å²) in [6.07, 6.45) is 3.56. The average Bonchev–Trinajstić information content (AvgIpc) is 2.07. The molecule has 74 valence electrons. The van der Waals surface area contributed by atoms with Gasteiger partial charge in [-0.1, -0.05) is 19.8 Å². The minimum atomic E-state index is -0.0816. The molecular weight excluding hydrogens is 154 g/mol. The van der Waals surface area contributed by atoms with E-state index >= 15 is 0 Å². The summed E-state index contributed by atoms with van der Waals surface area (Å²) >= 11 is 0. The van der Waals surface area contributed by atoms with Crippen LogP contribution in [0.1, 0.15) is 26.2 Å². The van der Waals surface area contributed by atoms with E-state index in [1.165, 1.54) is 12.8 Å². The van der Waals surface area contributed by atoms with Crippen LogP contribution < -0.4 is 0 Å². The lowest BCUT2D eigenvalue weighted by atomic mass is 10.2. The molecule has 0 radical (unpaired) electrons. The number of aliphatic hydroxyl groups excluding tert-OH is 2. The Morgan fingerprint density at radius 2 is 1.75 bits per heavy atom. The highest BCUT2D eigenvalue weighted by Crippen LogP contribution is 2.00. The normalized spacial score (nSPS) is 11.5. The predicted octanol–water partition coefficient (Wildman–Crippen LogP) is 0.462. The maximum absolute atomic E-state index is 8.85. The van der Waals surface area contributed by atoms with Crippen molar-refractivity contribution in [3.8, 4) is 0 Å². The highest BCUT2D eigenvalue weighted by Gasteiger charge is 2.10. The molecule has 2 N–H and O–H groups in total. The maximum atomic E-state index is 8.85. The van der Waals surface area contributed by atoms with Crippen LogP contribution in [0.3, 0.4) is 0 Å². The van der Waals surface area contributed by atoms with Gasteiger partial charge in [-0.15, -0.1) is 0 Å². The van der Waals surface area contributed by atoms with E-state index in [-0.39, 0.29) is 19.3 Å². The van der Waals surface area contributed by atoms with Gasteiger partial charge in [0.2, 0.25) is 0 Å². The summed E-state index contributed by atoms with van der Waals surface area (Å²) in [6, 6.07) is -0.0816. The van der Waals surface area contributed by atoms with Crippen LogP contribution in [0.4, 0.5) is 0 Å². The molecule has 0 aliphatic carbocycles. The Morgan fingerprint density at radius 1 is 1.17 bits per heavy atom. The van der Waals surface area contributed by atoms with E-state index in [9.17, 15) is 0 Å². The van der Waals surface area contributed by atoms with Crippen LogP contribution in [0.2, 0.25) is 0 Å². The molecule has 0 saturated carbocycles. The standard InChI is InChI=1S/C9H21NO2/c1-3-4-5-6-10(2)9(7-11)8-12/h9,11-12H,3-8H2,1-2H3. The second-order valence-electron chi connectivity index (χ2n) is 3.21. The molecule has 0 aliphatic heterocycles. The smallest absolute Gasteiger partial charge is 0.0609 e. The Kier molecular flexibility index (Phi) is 7.45. The molecule has 3 heteroatoms. The lowest BCUT2D eigenvalue weighted by Crippen LogP contribution is -2.38. The van der Waals surface area contributed by atoms with Crippen LogP contribution in [0.5, 0.6) is 0 Å². The molecule has 0 amide bonds. The van der Waals surface area contributed by atoms with Crippen molar-refractivity contribution in [3.05, 3.63) is 0 Å². The molecule has 0 aromatic heterocycles. The van der Waals surface area contributed by atoms with Gasteiger partial charge in [-0.25, -0.2) is 0 Å². The zero-order valence-corrected chi connectivity index (χ0v) is 8.16. The third-order valence-electron chi connectivity index (χ3n) is 2.16. The molecule has 0 bridgehead atoms. The van der Waals surface area contributed by atoms with Gasteiger partial charge in [-0.2, -0.15) is 0 Å². The van der Waals surface area contributed by atoms with E-state index in [2.05, 4.69) is 6.92 Å². The number of aliphatic hydroxyl groups is 2. The first kappa shape index (κ1) is 11.9. The summed E-state index contributed by atoms with van der Waals surface area (Å²) in [5, 5.41) is 17.7. The van der Waals surface area contributed by atoms with Gasteiger partial charge in [-0.05, 0) is 20.0 Å². The third kappa shape index (κ3) is 4.70. The van der Waals surface area contributed by atoms with E-state index in [1.54, 1.807) is 0 Å². The van der Waals surface area contributed by atoms with E-state index < -0.39 is 0 Å². The van der Waals surface area contributed by atoms with Crippen molar-refractivity contribution in [1.82, 2.24) is 4.90 Å². The van der Waals surface area contributed by atoms with Crippen LogP contribution in [0.25, 0.3) is 0 Å². The first-order valence-electron chi connectivity index (χ1n) is 4.68. The zero-order valence-electron chi connectivity index (χ0n) is 8.16. The molecule has 0 heterocycles. The van der Waals surface area contributed by atoms with Crippen LogP contribution >= 0.6 is 0 Å². The highest BCUT2D eigenvalue weighted by molar-refractivity contribution is 4.65. The fraction of sp³-hybridized carbons (Fsp3) is 1.00. The fourth-order valence-electron chi connectivity index (χ4n) is 1.13. The molecule has 0 unspecified atom stereocenters. The predicted molar refractivity (Wildman–Crippen MR) is 50.1 cm³/mol. The first-order valence-corrected chi connectivity index (χ1v) is 4.68. The minimum Gasteiger partial charge on any atom is -0.395 e. The van der Waals surface area contributed by atoms with Crippen molar-refractivity contribution in [2.24, 2.45) is 0 Å². The van der Waals surface area contributed by atoms with Gasteiger partial charge in [-0.3, -0.25) is 4.90 Å². The van der Waals surface area contributed by atoms with Crippen LogP contribution in [-0.4, -0.2) is 48.0 Å². The van der Waals surface area contributed by atoms with Gasteiger partial charge in [0.25, 0.3) is 0 Å². The molecular formula is C9H21NO2. The monoisotopic (exact) mass is 175 g/mol. The number of hydrogen-bond donors (Lipinski definition) is 2. The van der Waals surface area contributed by atoms with Crippen LogP contribution in [0.15, 0.2) is 0 Å². The topological polar surface area (TPSA) is 43.7 Å². The van der Waals surface area contributed by atoms with E-state index in [4.69, 9.17) is 10.2 Å². The van der Waals surface area contributed by atoms with Crippen LogP contribution in [-0.2, 0) is 0 Å². The zero-order chi connectivity index (χ0) is 9.40. The second kappa shape index (κ2) is 7.53. The van der Waals surface area contributed by atoms with Crippen molar-refractivity contribution in [1.29, 1.82) is 0 Å². The largest absolute Gasteiger partial charge is 0.395 e. The Balaban J connectivity index is 3.47. The van der Waals surface area contributed by atoms with Gasteiger partial charge in [0, 0.05) is 0 Å². The highest BCUT2D eigenvalue weighted by atomic mass is 16.3. The average molecular weight is 175 g/mol. The number of likely N-dealkylation sites (N-methyl/N-ethyl adjacent to an activating group) is 1. The summed E-state index contributed by atoms with van der Waals surface area (Å²) < 4.78 is 0. The van der Waals surface area contributed by atoms with Crippen LogP contribution in [0, 0.1) is 0 Å². The molecule has 0 aromatic carbocycles. The minimum absolute atomic E-state index is 0.0408. The quantitative estimate of drug-likeness (QED) is 0.553. The Morgan fingerprint density at radius 3 is 2.17 bits per heavy atom. The van der Waals surface area contributed by atoms with Crippen molar-refractivity contribution in [3.63, 3.8) is 0 Å². The molecule has 0 spiro atoms. The van der Waals surface area contributed by atoms with E-state index in [0.717, 1.165) is 13.0 Å². The lowest BCUT2D eigenvalue weighted by molar-refractivity contribution is 0.0906. The molecule has 12 heavy (non-hydrogen) atoms. The Bertz CT molecular complexity index is 94.5. The van der Waals surface area contributed by atoms with Crippen molar-refractivity contribution in [2.45, 2.75) is 32.2 Å². The van der Waals surface area contributed by atoms with Gasteiger partial charge in [0.15, 0.2) is 0 Å². The molecule has 0 rings (SSSR count). The summed E-state index contributed by atoms with van der Waals surface area (Å²) in [7, 11) is 1.94. The number of unbranched alkanes of at least 4 members (excludes halogenated alkanes) is 2. The van der Waals surface area contributed by atoms with Gasteiger partial charge in [0.05, 0.1) is 19.3 Å². The second-order valence-corrected chi connectivity index (χ2v) is 3.21. The summed E-state index contributed by atoms with van der Waals surface area (Å²) in [6.45, 7) is 3.20. The summed E-state index contributed by atoms with van der Waals surface area (Å²) in [5.74, 6) is 0. The summed E-state index contributed by atoms with van der Waals surface area (Å²) in [4.78, 5) is 2.01. The molecule has 3 nitrogen and oxygen atoms in total. The van der Waals surface area contributed by atoms with E-state index in [0.29, 0.717) is 0 Å². The molecule has 0 fully saturated rings. The maximum Gasteiger partial charge on any atom is 0.0609 e. The van der Waals surface area contributed by atoms with E-state index in [1.807, 2.05) is 11.9 Å². The lowest BCUT2D eigenvalue weighted by Gasteiger charge is -2.24. The first-order chi connectivity index (χ1) is 5.76. The number of rotatable bonds is 7. The van der Waals surface area contributed by atoms with Gasteiger partial charge < -0.3 is 10.2 Å². The molecule has 0 atom stereocenters. The number of nitrogens with zero attached hydrogens (tertiary/aromatic N) is 1. The SMILES string of the molecule is CCCCCN(C)C(CO)CO. The molecule has 0 aliphatic rings. The van der Waals surface area contributed by atoms with Crippen molar-refractivity contribution < 1.29 is 10.2 Å². The number of hydrogen-bond acceptors (Lipinski definition) is 3. The molecule has 0 aromatic rings. The Labute approximate surface area is 75.0 Å². The third-order valence-corrected chi connectivity index (χ3v) is 2.16. The van der Waals surface area contributed by atoms with Gasteiger partial charge in [0.1, 0.15) is 0 Å². The van der Waals surface area contributed by atoms with Gasteiger partial charge >= 0.3 is 0 Å². The summed E-state index contributed by atoms with van der Waals surface area (Å²) in [5.41, 5.74) is 0. The Hall–Kier alpha value is -0.120. The fourth-order valence-corrected chi connectivity index (χ4v) is 1.13. The molecule has 0 saturated heterocycles. The van der Waals surface area contributed by atoms with Crippen molar-refractivity contribution >= 4 is 0 Å². The van der Waals surface area contributed by atoms with Crippen molar-refractivity contribution in [2.75, 3.05) is 26.8 Å².